The Morgan fingerprint density at radius 2 is 1.45 bits per heavy atom. The van der Waals surface area contributed by atoms with Crippen molar-refractivity contribution in [3.63, 3.8) is 0 Å². The molecule has 1 fully saturated rings. The fourth-order valence-corrected chi connectivity index (χ4v) is 2.07. The van der Waals surface area contributed by atoms with Crippen LogP contribution in [0.2, 0.25) is 0 Å². The van der Waals surface area contributed by atoms with Crippen LogP contribution in [0.3, 0.4) is 0 Å². The maximum Gasteiger partial charge on any atom is 0.0687 e. The van der Waals surface area contributed by atoms with E-state index in [0.717, 1.165) is 13.1 Å². The molecule has 0 heterocycles. The van der Waals surface area contributed by atoms with Gasteiger partial charge in [0.25, 0.3) is 0 Å². The highest BCUT2D eigenvalue weighted by Gasteiger charge is 2.31. The summed E-state index contributed by atoms with van der Waals surface area (Å²) in [7, 11) is 0. The van der Waals surface area contributed by atoms with Crippen LogP contribution in [0.5, 0.6) is 0 Å². The fourth-order valence-electron chi connectivity index (χ4n) is 2.07. The highest BCUT2D eigenvalue weighted by Crippen LogP contribution is 2.26. The molecule has 1 saturated carbocycles. The third kappa shape index (κ3) is 2.17. The van der Waals surface area contributed by atoms with Crippen LogP contribution in [-0.4, -0.2) is 18.8 Å². The largest absolute Gasteiger partial charge is 0.300 e. The Labute approximate surface area is 69.8 Å². The predicted octanol–water partition coefficient (Wildman–Crippen LogP) is 1.48. The van der Waals surface area contributed by atoms with Crippen molar-refractivity contribution in [2.45, 2.75) is 45.2 Å². The predicted molar refractivity (Wildman–Crippen MR) is 48.6 cm³/mol. The quantitative estimate of drug-likeness (QED) is 0.602. The summed E-state index contributed by atoms with van der Waals surface area (Å²) >= 11 is 0. The van der Waals surface area contributed by atoms with Gasteiger partial charge < -0.3 is 0 Å². The van der Waals surface area contributed by atoms with E-state index >= 15 is 0 Å². The second-order valence-electron chi connectivity index (χ2n) is 3.35. The van der Waals surface area contributed by atoms with Crippen LogP contribution in [0.1, 0.15) is 39.5 Å². The first-order valence-corrected chi connectivity index (χ1v) is 4.83. The molecule has 1 rings (SSSR count). The molecule has 0 unspecified atom stereocenters. The van der Waals surface area contributed by atoms with Gasteiger partial charge in [-0.05, 0) is 25.9 Å². The maximum atomic E-state index is 3.55. The minimum atomic E-state index is 0.295. The molecule has 0 saturated heterocycles. The fraction of sp³-hybridized carbons (Fsp3) is 1.00. The highest BCUT2D eigenvalue weighted by atomic mass is 15.2. The van der Waals surface area contributed by atoms with Crippen molar-refractivity contribution in [2.24, 2.45) is 0 Å². The first-order valence-electron chi connectivity index (χ1n) is 4.83. The van der Waals surface area contributed by atoms with E-state index < -0.39 is 0 Å². The molecular weight excluding hydrogens is 136 g/mol. The summed E-state index contributed by atoms with van der Waals surface area (Å²) < 4.78 is 0. The standard InChI is InChI=1S/C9H20N2/c1-3-10-9(11-4-2)7-5-6-8-9/h10-11H,3-8H2,1-2H3. The summed E-state index contributed by atoms with van der Waals surface area (Å²) in [6, 6.07) is 0. The van der Waals surface area contributed by atoms with E-state index in [2.05, 4.69) is 24.5 Å². The minimum Gasteiger partial charge on any atom is -0.300 e. The Hall–Kier alpha value is -0.0800. The Balaban J connectivity index is 2.40. The molecule has 0 radical (unpaired) electrons. The normalized spacial score (nSPS) is 22.4. The monoisotopic (exact) mass is 156 g/mol. The molecule has 0 aliphatic heterocycles. The highest BCUT2D eigenvalue weighted by molar-refractivity contribution is 4.89. The molecule has 2 nitrogen and oxygen atoms in total. The number of hydrogen-bond acceptors (Lipinski definition) is 2. The van der Waals surface area contributed by atoms with Crippen molar-refractivity contribution in [1.82, 2.24) is 10.6 Å². The minimum absolute atomic E-state index is 0.295. The summed E-state index contributed by atoms with van der Waals surface area (Å²) in [5.74, 6) is 0. The Morgan fingerprint density at radius 3 is 1.82 bits per heavy atom. The van der Waals surface area contributed by atoms with Gasteiger partial charge in [0.15, 0.2) is 0 Å². The van der Waals surface area contributed by atoms with Gasteiger partial charge in [-0.2, -0.15) is 0 Å². The van der Waals surface area contributed by atoms with Crippen molar-refractivity contribution in [3.05, 3.63) is 0 Å². The Bertz CT molecular complexity index is 98.1. The van der Waals surface area contributed by atoms with Crippen molar-refractivity contribution in [2.75, 3.05) is 13.1 Å². The molecule has 0 amide bonds. The maximum absolute atomic E-state index is 3.55. The topological polar surface area (TPSA) is 24.1 Å². The molecule has 0 atom stereocenters. The summed E-state index contributed by atoms with van der Waals surface area (Å²) in [4.78, 5) is 0. The lowest BCUT2D eigenvalue weighted by Crippen LogP contribution is -2.54. The molecule has 1 aliphatic rings. The van der Waals surface area contributed by atoms with E-state index in [-0.39, 0.29) is 0 Å². The van der Waals surface area contributed by atoms with Crippen LogP contribution in [0, 0.1) is 0 Å². The second kappa shape index (κ2) is 4.07. The van der Waals surface area contributed by atoms with Gasteiger partial charge in [-0.25, -0.2) is 0 Å². The molecule has 0 aromatic rings. The SMILES string of the molecule is CCNC1(NCC)CCCC1. The van der Waals surface area contributed by atoms with Gasteiger partial charge in [0.2, 0.25) is 0 Å². The molecule has 0 aromatic heterocycles. The van der Waals surface area contributed by atoms with Crippen LogP contribution in [0.4, 0.5) is 0 Å². The average Bonchev–Trinajstić information content (AvgIpc) is 2.39. The van der Waals surface area contributed by atoms with Gasteiger partial charge in [-0.1, -0.05) is 26.7 Å². The van der Waals surface area contributed by atoms with Crippen LogP contribution in [-0.2, 0) is 0 Å². The number of hydrogen-bond donors (Lipinski definition) is 2. The van der Waals surface area contributed by atoms with E-state index in [9.17, 15) is 0 Å². The molecule has 0 bridgehead atoms. The van der Waals surface area contributed by atoms with Gasteiger partial charge in [0, 0.05) is 0 Å². The average molecular weight is 156 g/mol. The molecule has 0 aromatic carbocycles. The molecule has 11 heavy (non-hydrogen) atoms. The van der Waals surface area contributed by atoms with Crippen molar-refractivity contribution < 1.29 is 0 Å². The first-order chi connectivity index (χ1) is 5.33. The number of rotatable bonds is 4. The van der Waals surface area contributed by atoms with E-state index in [4.69, 9.17) is 0 Å². The molecule has 0 spiro atoms. The molecule has 2 heteroatoms. The lowest BCUT2D eigenvalue weighted by atomic mass is 10.1. The van der Waals surface area contributed by atoms with E-state index in [1.54, 1.807) is 0 Å². The van der Waals surface area contributed by atoms with Crippen molar-refractivity contribution >= 4 is 0 Å². The third-order valence-electron chi connectivity index (χ3n) is 2.49. The molecular formula is C9H20N2. The van der Waals surface area contributed by atoms with E-state index in [1.807, 2.05) is 0 Å². The van der Waals surface area contributed by atoms with Gasteiger partial charge in [-0.15, -0.1) is 0 Å². The first kappa shape index (κ1) is 9.01. The zero-order valence-corrected chi connectivity index (χ0v) is 7.74. The lowest BCUT2D eigenvalue weighted by Gasteiger charge is -2.30. The third-order valence-corrected chi connectivity index (χ3v) is 2.49. The van der Waals surface area contributed by atoms with Crippen LogP contribution in [0.25, 0.3) is 0 Å². The van der Waals surface area contributed by atoms with Gasteiger partial charge in [-0.3, -0.25) is 10.6 Å². The van der Waals surface area contributed by atoms with Crippen LogP contribution >= 0.6 is 0 Å². The van der Waals surface area contributed by atoms with Gasteiger partial charge >= 0.3 is 0 Å². The zero-order valence-electron chi connectivity index (χ0n) is 7.74. The summed E-state index contributed by atoms with van der Waals surface area (Å²) in [6.45, 7) is 6.51. The van der Waals surface area contributed by atoms with Crippen LogP contribution in [0.15, 0.2) is 0 Å². The molecule has 1 aliphatic carbocycles. The summed E-state index contributed by atoms with van der Waals surface area (Å²) in [5.41, 5.74) is 0.295. The molecule has 2 N–H and O–H groups in total. The van der Waals surface area contributed by atoms with E-state index in [0.29, 0.717) is 5.66 Å². The zero-order chi connectivity index (χ0) is 8.16. The Kier molecular flexibility index (Phi) is 3.34. The van der Waals surface area contributed by atoms with Crippen molar-refractivity contribution in [1.29, 1.82) is 0 Å². The van der Waals surface area contributed by atoms with Crippen LogP contribution < -0.4 is 10.6 Å². The Morgan fingerprint density at radius 1 is 1.00 bits per heavy atom. The van der Waals surface area contributed by atoms with E-state index in [1.165, 1.54) is 25.7 Å². The number of nitrogens with one attached hydrogen (secondary N) is 2. The summed E-state index contributed by atoms with van der Waals surface area (Å²) in [5, 5.41) is 7.10. The van der Waals surface area contributed by atoms with Crippen molar-refractivity contribution in [3.8, 4) is 0 Å². The summed E-state index contributed by atoms with van der Waals surface area (Å²) in [6.07, 6.45) is 5.35. The van der Waals surface area contributed by atoms with Gasteiger partial charge in [0.05, 0.1) is 5.66 Å². The second-order valence-corrected chi connectivity index (χ2v) is 3.35. The molecule has 66 valence electrons. The van der Waals surface area contributed by atoms with Gasteiger partial charge in [0.1, 0.15) is 0 Å². The lowest BCUT2D eigenvalue weighted by molar-refractivity contribution is 0.273. The smallest absolute Gasteiger partial charge is 0.0687 e.